The van der Waals surface area contributed by atoms with E-state index in [1.165, 1.54) is 32.6 Å². The smallest absolute Gasteiger partial charge is 0.341 e. The Kier molecular flexibility index (Phi) is 5.03. The first kappa shape index (κ1) is 14.7. The molecular weight excluding hydrogens is 268 g/mol. The van der Waals surface area contributed by atoms with Gasteiger partial charge in [0.2, 0.25) is 0 Å². The van der Waals surface area contributed by atoms with Crippen molar-refractivity contribution in [2.24, 2.45) is 10.7 Å². The van der Waals surface area contributed by atoms with Crippen LogP contribution < -0.4 is 5.73 Å². The average Bonchev–Trinajstić information content (AvgIpc) is 2.42. The van der Waals surface area contributed by atoms with Gasteiger partial charge in [-0.25, -0.2) is 9.78 Å². The van der Waals surface area contributed by atoms with E-state index in [4.69, 9.17) is 22.6 Å². The van der Waals surface area contributed by atoms with Crippen molar-refractivity contribution in [1.82, 2.24) is 4.98 Å². The number of nitriles is 1. The van der Waals surface area contributed by atoms with Gasteiger partial charge in [-0.2, -0.15) is 5.26 Å². The van der Waals surface area contributed by atoms with Crippen LogP contribution in [0.1, 0.15) is 21.6 Å². The fourth-order valence-electron chi connectivity index (χ4n) is 1.44. The molecule has 0 spiro atoms. The molecule has 1 aromatic heterocycles. The number of rotatable bonds is 3. The number of nitrogens with two attached hydrogens (primary N) is 1. The fraction of sp³-hybridized carbons (Fsp3) is 0.167. The first-order valence-corrected chi connectivity index (χ1v) is 5.50. The van der Waals surface area contributed by atoms with Crippen molar-refractivity contribution in [2.45, 2.75) is 0 Å². The summed E-state index contributed by atoms with van der Waals surface area (Å²) in [6.07, 6.45) is 2.63. The van der Waals surface area contributed by atoms with E-state index >= 15 is 0 Å². The summed E-state index contributed by atoms with van der Waals surface area (Å²) in [6.45, 7) is 0. The van der Waals surface area contributed by atoms with Gasteiger partial charge in [0, 0.05) is 25.0 Å². The van der Waals surface area contributed by atoms with E-state index in [9.17, 15) is 4.79 Å². The van der Waals surface area contributed by atoms with E-state index in [1.807, 2.05) is 6.07 Å². The van der Waals surface area contributed by atoms with Crippen LogP contribution in [0.25, 0.3) is 5.57 Å². The number of pyridine rings is 1. The van der Waals surface area contributed by atoms with Crippen molar-refractivity contribution in [1.29, 1.82) is 5.26 Å². The minimum Gasteiger partial charge on any atom is -0.465 e. The Balaban J connectivity index is 3.66. The number of carbonyl (C=O) groups is 1. The predicted octanol–water partition coefficient (Wildman–Crippen LogP) is 1.39. The summed E-state index contributed by atoms with van der Waals surface area (Å²) in [5.74, 6) is -0.695. The van der Waals surface area contributed by atoms with Gasteiger partial charge < -0.3 is 10.5 Å². The van der Waals surface area contributed by atoms with Crippen LogP contribution in [0.3, 0.4) is 0 Å². The lowest BCUT2D eigenvalue weighted by Gasteiger charge is -2.09. The molecule has 0 aliphatic heterocycles. The third kappa shape index (κ3) is 3.09. The zero-order valence-electron chi connectivity index (χ0n) is 10.3. The van der Waals surface area contributed by atoms with Gasteiger partial charge in [-0.3, -0.25) is 4.99 Å². The van der Waals surface area contributed by atoms with Crippen molar-refractivity contribution in [2.75, 3.05) is 14.2 Å². The van der Waals surface area contributed by atoms with Gasteiger partial charge in [-0.15, -0.1) is 0 Å². The maximum absolute atomic E-state index is 11.8. The summed E-state index contributed by atoms with van der Waals surface area (Å²) in [5.41, 5.74) is 6.06. The second kappa shape index (κ2) is 6.52. The second-order valence-corrected chi connectivity index (χ2v) is 3.72. The topological polar surface area (TPSA) is 101 Å². The zero-order valence-corrected chi connectivity index (χ0v) is 11.1. The van der Waals surface area contributed by atoms with Crippen molar-refractivity contribution in [3.8, 4) is 6.07 Å². The number of hydrogen-bond acceptors (Lipinski definition) is 6. The molecule has 7 heteroatoms. The monoisotopic (exact) mass is 278 g/mol. The van der Waals surface area contributed by atoms with E-state index < -0.39 is 5.97 Å². The molecule has 0 atom stereocenters. The third-order valence-corrected chi connectivity index (χ3v) is 2.41. The number of ether oxygens (including phenoxy) is 1. The van der Waals surface area contributed by atoms with Gasteiger partial charge in [0.05, 0.1) is 18.4 Å². The molecule has 0 unspecified atom stereocenters. The highest BCUT2D eigenvalue weighted by Crippen LogP contribution is 2.23. The molecule has 0 bridgehead atoms. The van der Waals surface area contributed by atoms with Crippen LogP contribution in [-0.2, 0) is 4.74 Å². The Morgan fingerprint density at radius 1 is 1.68 bits per heavy atom. The van der Waals surface area contributed by atoms with Crippen LogP contribution in [0.2, 0.25) is 5.15 Å². The van der Waals surface area contributed by atoms with Gasteiger partial charge in [0.15, 0.2) is 0 Å². The average molecular weight is 279 g/mol. The molecule has 6 nitrogen and oxygen atoms in total. The molecule has 0 amide bonds. The van der Waals surface area contributed by atoms with Crippen LogP contribution in [0.5, 0.6) is 0 Å². The number of aromatic nitrogens is 1. The summed E-state index contributed by atoms with van der Waals surface area (Å²) in [7, 11) is 2.75. The fourth-order valence-corrected chi connectivity index (χ4v) is 1.64. The second-order valence-electron chi connectivity index (χ2n) is 3.33. The van der Waals surface area contributed by atoms with Gasteiger partial charge in [-0.05, 0) is 6.07 Å². The Morgan fingerprint density at radius 2 is 2.37 bits per heavy atom. The van der Waals surface area contributed by atoms with E-state index in [-0.39, 0.29) is 22.0 Å². The van der Waals surface area contributed by atoms with Gasteiger partial charge in [0.25, 0.3) is 0 Å². The normalized spacial score (nSPS) is 11.4. The van der Waals surface area contributed by atoms with Crippen LogP contribution in [0, 0.1) is 11.3 Å². The number of halogens is 1. The van der Waals surface area contributed by atoms with Gasteiger partial charge in [0.1, 0.15) is 16.8 Å². The van der Waals surface area contributed by atoms with E-state index in [0.29, 0.717) is 5.57 Å². The molecule has 1 rings (SSSR count). The number of aliphatic imine (C=N–C) groups is 1. The molecule has 0 aliphatic carbocycles. The quantitative estimate of drug-likeness (QED) is 0.511. The van der Waals surface area contributed by atoms with E-state index in [2.05, 4.69) is 14.7 Å². The van der Waals surface area contributed by atoms with Gasteiger partial charge in [-0.1, -0.05) is 11.6 Å². The maximum atomic E-state index is 11.8. The Morgan fingerprint density at radius 3 is 2.84 bits per heavy atom. The van der Waals surface area contributed by atoms with Gasteiger partial charge >= 0.3 is 5.97 Å². The maximum Gasteiger partial charge on any atom is 0.341 e. The molecule has 98 valence electrons. The standard InChI is InChI=1S/C12H11ClN4O2/c1-16-6-8(5-15)11-10(12(18)19-2)7(4-14)3-9(13)17-11/h3,5-6H,15H2,1-2H3. The predicted molar refractivity (Wildman–Crippen MR) is 71.9 cm³/mol. The number of nitrogens with zero attached hydrogens (tertiary/aromatic N) is 3. The Bertz CT molecular complexity index is 602. The van der Waals surface area contributed by atoms with Crippen LogP contribution in [0.4, 0.5) is 0 Å². The number of hydrogen-bond donors (Lipinski definition) is 1. The number of esters is 1. The van der Waals surface area contributed by atoms with E-state index in [0.717, 1.165) is 0 Å². The molecule has 0 saturated carbocycles. The van der Waals surface area contributed by atoms with Crippen LogP contribution >= 0.6 is 11.6 Å². The summed E-state index contributed by atoms with van der Waals surface area (Å²) in [5, 5.41) is 9.14. The molecule has 1 aromatic rings. The highest BCUT2D eigenvalue weighted by atomic mass is 35.5. The third-order valence-electron chi connectivity index (χ3n) is 2.22. The number of methoxy groups -OCH3 is 1. The molecule has 19 heavy (non-hydrogen) atoms. The summed E-state index contributed by atoms with van der Waals surface area (Å²) in [6, 6.07) is 3.16. The molecule has 0 saturated heterocycles. The van der Waals surface area contributed by atoms with Crippen molar-refractivity contribution in [3.63, 3.8) is 0 Å². The Labute approximate surface area is 115 Å². The molecule has 1 heterocycles. The van der Waals surface area contributed by atoms with Crippen molar-refractivity contribution < 1.29 is 9.53 Å². The zero-order chi connectivity index (χ0) is 14.4. The van der Waals surface area contributed by atoms with E-state index in [1.54, 1.807) is 0 Å². The first-order chi connectivity index (χ1) is 9.08. The molecule has 0 radical (unpaired) electrons. The molecule has 0 fully saturated rings. The number of allylic oxidation sites excluding steroid dienone is 1. The Hall–Kier alpha value is -2.39. The summed E-state index contributed by atoms with van der Waals surface area (Å²) in [4.78, 5) is 19.6. The molecule has 0 aliphatic rings. The molecule has 2 N–H and O–H groups in total. The van der Waals surface area contributed by atoms with Crippen LogP contribution in [0.15, 0.2) is 17.3 Å². The first-order valence-electron chi connectivity index (χ1n) is 5.12. The lowest BCUT2D eigenvalue weighted by atomic mass is 10.0. The summed E-state index contributed by atoms with van der Waals surface area (Å²) >= 11 is 5.82. The highest BCUT2D eigenvalue weighted by molar-refractivity contribution is 6.30. The SMILES string of the molecule is CN=CC(=CN)c1nc(Cl)cc(C#N)c1C(=O)OC. The molecular formula is C12H11ClN4O2. The minimum atomic E-state index is -0.695. The number of carbonyl (C=O) groups excluding carboxylic acids is 1. The van der Waals surface area contributed by atoms with Crippen molar-refractivity contribution in [3.05, 3.63) is 34.2 Å². The summed E-state index contributed by atoms with van der Waals surface area (Å²) < 4.78 is 4.65. The van der Waals surface area contributed by atoms with Crippen molar-refractivity contribution >= 4 is 29.4 Å². The van der Waals surface area contributed by atoms with Crippen LogP contribution in [-0.4, -0.2) is 31.3 Å². The lowest BCUT2D eigenvalue weighted by molar-refractivity contribution is 0.0599. The lowest BCUT2D eigenvalue weighted by Crippen LogP contribution is -2.11. The highest BCUT2D eigenvalue weighted by Gasteiger charge is 2.21. The minimum absolute atomic E-state index is 0.00556. The molecule has 0 aromatic carbocycles. The largest absolute Gasteiger partial charge is 0.465 e.